The van der Waals surface area contributed by atoms with Crippen LogP contribution < -0.4 is 9.47 Å². The first-order valence-corrected chi connectivity index (χ1v) is 12.9. The minimum Gasteiger partial charge on any atom is -0.493 e. The van der Waals surface area contributed by atoms with Crippen LogP contribution in [0.3, 0.4) is 0 Å². The fraction of sp³-hybridized carbons (Fsp3) is 0.600. The number of nitrogens with zero attached hydrogens (tertiary/aromatic N) is 1. The number of benzene rings is 1. The Hall–Kier alpha value is -1.55. The lowest BCUT2D eigenvalue weighted by Gasteiger charge is -2.52. The Morgan fingerprint density at radius 1 is 0.862 bits per heavy atom. The second kappa shape index (κ2) is 9.07. The quantitative estimate of drug-likeness (QED) is 0.450. The number of hydrogen-bond donors (Lipinski definition) is 0. The summed E-state index contributed by atoms with van der Waals surface area (Å²) in [6.07, 6.45) is 9.80. The van der Waals surface area contributed by atoms with Gasteiger partial charge >= 0.3 is 0 Å². The molecule has 0 bridgehead atoms. The van der Waals surface area contributed by atoms with Gasteiger partial charge in [0.05, 0.1) is 13.2 Å². The molecule has 1 aliphatic carbocycles. The summed E-state index contributed by atoms with van der Waals surface area (Å²) in [6, 6.07) is 8.62. The predicted molar refractivity (Wildman–Crippen MR) is 128 cm³/mol. The van der Waals surface area contributed by atoms with E-state index in [2.05, 4.69) is 76.1 Å². The normalized spacial score (nSPS) is 16.2. The lowest BCUT2D eigenvalue weighted by Crippen LogP contribution is -2.33. The van der Waals surface area contributed by atoms with Crippen LogP contribution >= 0.6 is 10.2 Å². The van der Waals surface area contributed by atoms with Crippen molar-refractivity contribution in [3.8, 4) is 22.6 Å². The molecule has 1 aromatic carbocycles. The van der Waals surface area contributed by atoms with Crippen LogP contribution in [0.1, 0.15) is 67.2 Å². The second-order valence-corrected chi connectivity index (χ2v) is 13.7. The maximum absolute atomic E-state index is 6.32. The zero-order valence-corrected chi connectivity index (χ0v) is 20.1. The Bertz CT molecular complexity index is 781. The Kier molecular flexibility index (Phi) is 6.93. The van der Waals surface area contributed by atoms with Crippen molar-refractivity contribution in [3.63, 3.8) is 0 Å². The molecule has 0 N–H and O–H groups in total. The molecule has 162 valence electrons. The molecule has 1 fully saturated rings. The van der Waals surface area contributed by atoms with E-state index in [0.717, 1.165) is 24.3 Å². The van der Waals surface area contributed by atoms with Crippen LogP contribution in [0.5, 0.6) is 11.5 Å². The lowest BCUT2D eigenvalue weighted by atomic mass is 10.1. The van der Waals surface area contributed by atoms with Crippen LogP contribution in [0.4, 0.5) is 0 Å². The number of aromatic nitrogens is 1. The molecule has 4 heteroatoms. The summed E-state index contributed by atoms with van der Waals surface area (Å²) in [5, 5.41) is 1.87. The minimum absolute atomic E-state index is 0.323. The van der Waals surface area contributed by atoms with Crippen LogP contribution in [0.15, 0.2) is 36.7 Å². The molecule has 0 radical (unpaired) electrons. The van der Waals surface area contributed by atoms with Crippen molar-refractivity contribution >= 4 is 10.2 Å². The average molecular weight is 418 g/mol. The Balaban J connectivity index is 1.97. The molecule has 0 spiro atoms. The predicted octanol–water partition coefficient (Wildman–Crippen LogP) is 7.28. The number of rotatable bonds is 8. The van der Waals surface area contributed by atoms with Crippen LogP contribution in [-0.2, 0) is 0 Å². The van der Waals surface area contributed by atoms with Gasteiger partial charge in [0.1, 0.15) is 0 Å². The third-order valence-electron chi connectivity index (χ3n) is 6.39. The topological polar surface area (TPSA) is 23.4 Å². The monoisotopic (exact) mass is 417 g/mol. The Labute approximate surface area is 179 Å². The largest absolute Gasteiger partial charge is 0.493 e. The fourth-order valence-corrected chi connectivity index (χ4v) is 10.5. The van der Waals surface area contributed by atoms with Crippen molar-refractivity contribution in [1.82, 2.24) is 3.97 Å². The smallest absolute Gasteiger partial charge is 0.162 e. The molecular formula is C25H39NO2S. The Morgan fingerprint density at radius 2 is 1.48 bits per heavy atom. The number of methoxy groups -OCH3 is 1. The SMILES string of the molecule is COc1ccc(-c2ccn(S(C(C)C)(C(C)C)C(C)C)c2)cc1OC1CCCC1. The van der Waals surface area contributed by atoms with Crippen molar-refractivity contribution in [1.29, 1.82) is 0 Å². The van der Waals surface area contributed by atoms with Gasteiger partial charge in [0.2, 0.25) is 0 Å². The molecule has 29 heavy (non-hydrogen) atoms. The average Bonchev–Trinajstić information content (AvgIpc) is 3.33. The summed E-state index contributed by atoms with van der Waals surface area (Å²) in [5.41, 5.74) is 2.45. The van der Waals surface area contributed by atoms with Gasteiger partial charge in [0.15, 0.2) is 11.5 Å². The molecule has 0 amide bonds. The van der Waals surface area contributed by atoms with E-state index in [1.807, 2.05) is 6.07 Å². The van der Waals surface area contributed by atoms with Gasteiger partial charge in [0, 0.05) is 33.7 Å². The van der Waals surface area contributed by atoms with Crippen LogP contribution in [0, 0.1) is 0 Å². The highest BCUT2D eigenvalue weighted by Crippen LogP contribution is 2.61. The molecule has 0 atom stereocenters. The van der Waals surface area contributed by atoms with E-state index in [1.54, 1.807) is 7.11 Å². The number of hydrogen-bond acceptors (Lipinski definition) is 2. The minimum atomic E-state index is -0.993. The molecule has 3 rings (SSSR count). The summed E-state index contributed by atoms with van der Waals surface area (Å²) in [6.45, 7) is 14.3. The van der Waals surface area contributed by atoms with Crippen LogP contribution in [0.2, 0.25) is 0 Å². The maximum Gasteiger partial charge on any atom is 0.162 e. The Morgan fingerprint density at radius 3 is 2.03 bits per heavy atom. The van der Waals surface area contributed by atoms with Crippen LogP contribution in [-0.4, -0.2) is 32.9 Å². The molecule has 2 aromatic rings. The second-order valence-electron chi connectivity index (χ2n) is 9.02. The van der Waals surface area contributed by atoms with Gasteiger partial charge in [-0.2, -0.15) is 10.2 Å². The molecule has 1 saturated carbocycles. The highest BCUT2D eigenvalue weighted by molar-refractivity contribution is 8.33. The number of ether oxygens (including phenoxy) is 2. The molecule has 0 saturated heterocycles. The van der Waals surface area contributed by atoms with E-state index >= 15 is 0 Å². The van der Waals surface area contributed by atoms with Crippen molar-refractivity contribution in [2.75, 3.05) is 7.11 Å². The summed E-state index contributed by atoms with van der Waals surface area (Å²) >= 11 is 0. The van der Waals surface area contributed by atoms with Crippen molar-refractivity contribution < 1.29 is 9.47 Å². The van der Waals surface area contributed by atoms with Crippen molar-refractivity contribution in [2.45, 2.75) is 89.1 Å². The lowest BCUT2D eigenvalue weighted by molar-refractivity contribution is 0.201. The van der Waals surface area contributed by atoms with Gasteiger partial charge in [-0.25, -0.2) is 0 Å². The van der Waals surface area contributed by atoms with Gasteiger partial charge in [-0.3, -0.25) is 0 Å². The summed E-state index contributed by atoms with van der Waals surface area (Å²) in [7, 11) is 0.728. The molecule has 1 aromatic heterocycles. The van der Waals surface area contributed by atoms with Crippen molar-refractivity contribution in [3.05, 3.63) is 36.7 Å². The fourth-order valence-electron chi connectivity index (χ4n) is 5.24. The van der Waals surface area contributed by atoms with E-state index in [9.17, 15) is 0 Å². The molecule has 1 heterocycles. The van der Waals surface area contributed by atoms with Gasteiger partial charge in [0.25, 0.3) is 0 Å². The first kappa shape index (κ1) is 22.1. The standard InChI is InChI=1S/C25H39NO2S/c1-18(2)29(19(3)4,20(5)6)26-15-14-22(17-26)21-12-13-24(27-7)25(16-21)28-23-10-8-9-11-23/h12-20,23H,8-11H2,1-7H3. The van der Waals surface area contributed by atoms with Crippen molar-refractivity contribution in [2.24, 2.45) is 0 Å². The molecule has 1 aliphatic rings. The summed E-state index contributed by atoms with van der Waals surface area (Å²) in [4.78, 5) is 0. The highest BCUT2D eigenvalue weighted by atomic mass is 32.3. The first-order valence-electron chi connectivity index (χ1n) is 11.1. The van der Waals surface area contributed by atoms with Gasteiger partial charge in [-0.15, -0.1) is 0 Å². The highest BCUT2D eigenvalue weighted by Gasteiger charge is 2.36. The maximum atomic E-state index is 6.32. The zero-order valence-electron chi connectivity index (χ0n) is 19.3. The molecule has 0 aliphatic heterocycles. The van der Waals surface area contributed by atoms with E-state index in [-0.39, 0.29) is 0 Å². The third-order valence-corrected chi connectivity index (χ3v) is 11.9. The van der Waals surface area contributed by atoms with E-state index < -0.39 is 10.2 Å². The third kappa shape index (κ3) is 4.19. The molecule has 0 unspecified atom stereocenters. The summed E-state index contributed by atoms with van der Waals surface area (Å²) < 4.78 is 14.4. The van der Waals surface area contributed by atoms with Gasteiger partial charge in [-0.1, -0.05) is 47.6 Å². The van der Waals surface area contributed by atoms with Crippen LogP contribution in [0.25, 0.3) is 11.1 Å². The summed E-state index contributed by atoms with van der Waals surface area (Å²) in [5.74, 6) is 1.70. The zero-order chi connectivity index (χ0) is 21.2. The van der Waals surface area contributed by atoms with Gasteiger partial charge < -0.3 is 13.4 Å². The molecule has 3 nitrogen and oxygen atoms in total. The van der Waals surface area contributed by atoms with E-state index in [0.29, 0.717) is 21.9 Å². The van der Waals surface area contributed by atoms with E-state index in [1.165, 1.54) is 24.0 Å². The first-order chi connectivity index (χ1) is 13.8. The van der Waals surface area contributed by atoms with E-state index in [4.69, 9.17) is 9.47 Å². The molecular weight excluding hydrogens is 378 g/mol. The van der Waals surface area contributed by atoms with Gasteiger partial charge in [-0.05, 0) is 49.4 Å².